The van der Waals surface area contributed by atoms with Gasteiger partial charge in [-0.15, -0.1) is 0 Å². The first-order valence-electron chi connectivity index (χ1n) is 17.9. The summed E-state index contributed by atoms with van der Waals surface area (Å²) in [7, 11) is 0. The fraction of sp³-hybridized carbons (Fsp3) is 0.0204. The maximum Gasteiger partial charge on any atom is 0.138 e. The quantitative estimate of drug-likeness (QED) is 0.180. The number of hydrogen-bond acceptors (Lipinski definition) is 3. The van der Waals surface area contributed by atoms with Crippen LogP contribution < -0.4 is 4.90 Å². The summed E-state index contributed by atoms with van der Waals surface area (Å²) >= 11 is 8.70. The van der Waals surface area contributed by atoms with Crippen LogP contribution in [-0.2, 0) is 5.41 Å². The van der Waals surface area contributed by atoms with E-state index < -0.39 is 5.41 Å². The molecule has 0 radical (unpaired) electrons. The van der Waals surface area contributed by atoms with E-state index in [-0.39, 0.29) is 0 Å². The van der Waals surface area contributed by atoms with Crippen LogP contribution in [-0.4, -0.2) is 0 Å². The van der Waals surface area contributed by atoms with Gasteiger partial charge < -0.3 is 9.32 Å². The second-order valence-corrected chi connectivity index (χ2v) is 15.3. The van der Waals surface area contributed by atoms with Gasteiger partial charge in [-0.05, 0) is 105 Å². The van der Waals surface area contributed by atoms with E-state index in [9.17, 15) is 0 Å². The van der Waals surface area contributed by atoms with Gasteiger partial charge >= 0.3 is 0 Å². The predicted octanol–water partition coefficient (Wildman–Crippen LogP) is 14.2. The SMILES string of the molecule is Clc1ccc2c(c1)C1(c3cc(N(c4ccccc4)c4cc(-c5ccccc5)c5c(c4)oc4ccccc45)ccc3S2)c2ccccc2-c2ccccc21. The van der Waals surface area contributed by atoms with Gasteiger partial charge in [-0.1, -0.05) is 139 Å². The van der Waals surface area contributed by atoms with Gasteiger partial charge in [0.15, 0.2) is 0 Å². The molecule has 1 aliphatic heterocycles. The summed E-state index contributed by atoms with van der Waals surface area (Å²) in [5.74, 6) is 0. The molecular weight excluding hydrogens is 686 g/mol. The van der Waals surface area contributed by atoms with E-state index in [1.807, 2.05) is 23.9 Å². The van der Waals surface area contributed by atoms with Gasteiger partial charge in [0.2, 0.25) is 0 Å². The van der Waals surface area contributed by atoms with Crippen LogP contribution in [0.3, 0.4) is 0 Å². The first kappa shape index (κ1) is 30.6. The minimum Gasteiger partial charge on any atom is -0.456 e. The van der Waals surface area contributed by atoms with Crippen molar-refractivity contribution < 1.29 is 4.42 Å². The van der Waals surface area contributed by atoms with Crippen molar-refractivity contribution >= 4 is 62.4 Å². The highest BCUT2D eigenvalue weighted by Crippen LogP contribution is 2.63. The smallest absolute Gasteiger partial charge is 0.138 e. The van der Waals surface area contributed by atoms with Crippen molar-refractivity contribution in [1.29, 1.82) is 0 Å². The van der Waals surface area contributed by atoms with Crippen molar-refractivity contribution in [2.75, 3.05) is 4.90 Å². The molecule has 1 spiro atoms. The molecule has 53 heavy (non-hydrogen) atoms. The zero-order valence-corrected chi connectivity index (χ0v) is 30.0. The number of anilines is 3. The summed E-state index contributed by atoms with van der Waals surface area (Å²) in [4.78, 5) is 4.84. The minimum atomic E-state index is -0.551. The molecule has 0 bridgehead atoms. The van der Waals surface area contributed by atoms with Gasteiger partial charge in [-0.3, -0.25) is 0 Å². The van der Waals surface area contributed by atoms with Crippen LogP contribution >= 0.6 is 23.4 Å². The maximum atomic E-state index is 6.88. The topological polar surface area (TPSA) is 16.4 Å². The van der Waals surface area contributed by atoms with Gasteiger partial charge in [0.25, 0.3) is 0 Å². The van der Waals surface area contributed by atoms with Crippen LogP contribution in [0.1, 0.15) is 22.3 Å². The number of para-hydroxylation sites is 2. The molecule has 2 heterocycles. The molecule has 0 saturated carbocycles. The molecule has 0 atom stereocenters. The van der Waals surface area contributed by atoms with Crippen LogP contribution in [0.2, 0.25) is 5.02 Å². The van der Waals surface area contributed by atoms with E-state index in [1.54, 1.807) is 0 Å². The number of furan rings is 1. The van der Waals surface area contributed by atoms with Crippen LogP contribution in [0, 0.1) is 0 Å². The Bertz CT molecular complexity index is 2850. The van der Waals surface area contributed by atoms with Crippen molar-refractivity contribution in [2.45, 2.75) is 15.2 Å². The molecule has 4 heteroatoms. The predicted molar refractivity (Wildman–Crippen MR) is 220 cm³/mol. The molecule has 0 saturated heterocycles. The Morgan fingerprint density at radius 2 is 1.08 bits per heavy atom. The minimum absolute atomic E-state index is 0.551. The Kier molecular flexibility index (Phi) is 6.79. The molecule has 250 valence electrons. The lowest BCUT2D eigenvalue weighted by Gasteiger charge is -2.40. The van der Waals surface area contributed by atoms with Crippen molar-refractivity contribution in [3.8, 4) is 22.3 Å². The third-order valence-electron chi connectivity index (χ3n) is 11.0. The van der Waals surface area contributed by atoms with E-state index in [0.29, 0.717) is 0 Å². The zero-order chi connectivity index (χ0) is 35.1. The van der Waals surface area contributed by atoms with E-state index >= 15 is 0 Å². The monoisotopic (exact) mass is 715 g/mol. The van der Waals surface area contributed by atoms with Gasteiger partial charge in [0.1, 0.15) is 11.2 Å². The van der Waals surface area contributed by atoms with Gasteiger partial charge in [0.05, 0.1) is 11.1 Å². The van der Waals surface area contributed by atoms with Crippen molar-refractivity contribution in [2.24, 2.45) is 0 Å². The summed E-state index contributed by atoms with van der Waals surface area (Å²) in [5, 5.41) is 2.98. The fourth-order valence-corrected chi connectivity index (χ4v) is 10.2. The largest absolute Gasteiger partial charge is 0.456 e. The van der Waals surface area contributed by atoms with Crippen LogP contribution in [0.15, 0.2) is 196 Å². The molecule has 2 nitrogen and oxygen atoms in total. The second-order valence-electron chi connectivity index (χ2n) is 13.8. The Labute approximate surface area is 316 Å². The van der Waals surface area contributed by atoms with Crippen molar-refractivity contribution in [3.63, 3.8) is 0 Å². The van der Waals surface area contributed by atoms with E-state index in [4.69, 9.17) is 16.0 Å². The zero-order valence-electron chi connectivity index (χ0n) is 28.5. The Morgan fingerprint density at radius 3 is 1.83 bits per heavy atom. The van der Waals surface area contributed by atoms with E-state index in [0.717, 1.165) is 55.2 Å². The van der Waals surface area contributed by atoms with Gasteiger partial charge in [-0.2, -0.15) is 0 Å². The Morgan fingerprint density at radius 1 is 0.453 bits per heavy atom. The highest BCUT2D eigenvalue weighted by Gasteiger charge is 2.50. The fourth-order valence-electron chi connectivity index (χ4n) is 8.84. The van der Waals surface area contributed by atoms with Crippen LogP contribution in [0.5, 0.6) is 0 Å². The number of halogens is 1. The van der Waals surface area contributed by atoms with Gasteiger partial charge in [0, 0.05) is 43.0 Å². The maximum absolute atomic E-state index is 6.88. The molecule has 0 N–H and O–H groups in total. The van der Waals surface area contributed by atoms with Crippen molar-refractivity contribution in [1.82, 2.24) is 0 Å². The third kappa shape index (κ3) is 4.48. The summed E-state index contributed by atoms with van der Waals surface area (Å²) < 4.78 is 6.63. The molecule has 1 aromatic heterocycles. The molecule has 0 amide bonds. The average molecular weight is 716 g/mol. The number of fused-ring (bicyclic) bond motifs is 12. The molecule has 9 aromatic rings. The molecular formula is C49H30ClNOS. The number of benzene rings is 8. The van der Waals surface area contributed by atoms with E-state index in [1.165, 1.54) is 43.2 Å². The lowest BCUT2D eigenvalue weighted by molar-refractivity contribution is 0.669. The average Bonchev–Trinajstić information content (AvgIpc) is 3.73. The highest BCUT2D eigenvalue weighted by molar-refractivity contribution is 7.99. The summed E-state index contributed by atoms with van der Waals surface area (Å²) in [5.41, 5.74) is 14.2. The van der Waals surface area contributed by atoms with E-state index in [2.05, 4.69) is 175 Å². The highest BCUT2D eigenvalue weighted by atomic mass is 35.5. The molecule has 0 fully saturated rings. The Balaban J connectivity index is 1.21. The molecule has 2 aliphatic rings. The summed E-state index contributed by atoms with van der Waals surface area (Å²) in [6, 6.07) is 65.4. The first-order valence-corrected chi connectivity index (χ1v) is 19.1. The molecule has 8 aromatic carbocycles. The first-order chi connectivity index (χ1) is 26.2. The lowest BCUT2D eigenvalue weighted by Crippen LogP contribution is -2.32. The number of hydrogen-bond donors (Lipinski definition) is 0. The van der Waals surface area contributed by atoms with Gasteiger partial charge in [-0.25, -0.2) is 0 Å². The molecule has 11 rings (SSSR count). The number of nitrogens with zero attached hydrogens (tertiary/aromatic N) is 1. The third-order valence-corrected chi connectivity index (χ3v) is 12.4. The normalized spacial score (nSPS) is 13.5. The van der Waals surface area contributed by atoms with Crippen LogP contribution in [0.25, 0.3) is 44.2 Å². The summed E-state index contributed by atoms with van der Waals surface area (Å²) in [6.45, 7) is 0. The van der Waals surface area contributed by atoms with Crippen molar-refractivity contribution in [3.05, 3.63) is 209 Å². The van der Waals surface area contributed by atoms with Crippen LogP contribution in [0.4, 0.5) is 17.1 Å². The summed E-state index contributed by atoms with van der Waals surface area (Å²) in [6.07, 6.45) is 0. The Hall–Kier alpha value is -6.00. The lowest BCUT2D eigenvalue weighted by atomic mass is 9.67. The second kappa shape index (κ2) is 11.8. The number of rotatable bonds is 4. The molecule has 0 unspecified atom stereocenters. The molecule has 1 aliphatic carbocycles. The standard InChI is InChI=1S/C49H30ClNOS/c50-32-23-25-46-42(27-32)49(40-20-10-7-17-36(40)37-18-8-11-21-41(37)49)43-29-34(24-26-47(43)53-46)51(33-15-5-2-6-16-33)35-28-39(31-13-3-1-4-14-31)48-38-19-9-12-22-44(38)52-45(48)30-35/h1-30H.